The summed E-state index contributed by atoms with van der Waals surface area (Å²) < 4.78 is 10.5. The summed E-state index contributed by atoms with van der Waals surface area (Å²) >= 11 is 0. The molecular weight excluding hydrogens is 192 g/mol. The lowest BCUT2D eigenvalue weighted by Gasteiger charge is -2.25. The predicted molar refractivity (Wildman–Crippen MR) is 58.0 cm³/mol. The quantitative estimate of drug-likeness (QED) is 0.765. The minimum atomic E-state index is 0.241. The van der Waals surface area contributed by atoms with Crippen molar-refractivity contribution in [2.24, 2.45) is 0 Å². The summed E-state index contributed by atoms with van der Waals surface area (Å²) in [5.41, 5.74) is 1.03. The van der Waals surface area contributed by atoms with E-state index >= 15 is 0 Å². The molecule has 1 atom stereocenters. The number of aromatic nitrogens is 2. The van der Waals surface area contributed by atoms with Crippen molar-refractivity contribution in [3.05, 3.63) is 18.0 Å². The highest BCUT2D eigenvalue weighted by Crippen LogP contribution is 2.11. The van der Waals surface area contributed by atoms with Crippen molar-refractivity contribution in [2.75, 3.05) is 13.2 Å². The Labute approximate surface area is 90.7 Å². The van der Waals surface area contributed by atoms with Crippen LogP contribution in [0.1, 0.15) is 25.8 Å². The van der Waals surface area contributed by atoms with Crippen LogP contribution in [0.4, 0.5) is 0 Å². The van der Waals surface area contributed by atoms with E-state index in [1.807, 2.05) is 20.8 Å². The van der Waals surface area contributed by atoms with Crippen LogP contribution in [0.25, 0.3) is 0 Å². The molecule has 1 aliphatic heterocycles. The third kappa shape index (κ3) is 3.83. The Bertz CT molecular complexity index is 270. The molecule has 1 saturated heterocycles. The van der Waals surface area contributed by atoms with Crippen LogP contribution < -0.4 is 4.74 Å². The largest absolute Gasteiger partial charge is 0.461 e. The van der Waals surface area contributed by atoms with Crippen LogP contribution in [0.15, 0.2) is 12.4 Å². The molecule has 1 aromatic heterocycles. The highest BCUT2D eigenvalue weighted by molar-refractivity contribution is 5.04. The zero-order chi connectivity index (χ0) is 11.1. The third-order valence-electron chi connectivity index (χ3n) is 1.95. The Hall–Kier alpha value is -1.16. The molecular formula is C11H18N2O2. The molecule has 0 amide bonds. The molecule has 2 rings (SSSR count). The van der Waals surface area contributed by atoms with E-state index in [1.165, 1.54) is 0 Å². The Morgan fingerprint density at radius 3 is 2.47 bits per heavy atom. The SMILES string of the molecule is CC.Cc1cnc(OCC2CCO2)nc1. The number of hydrogen-bond donors (Lipinski definition) is 0. The van der Waals surface area contributed by atoms with E-state index in [1.54, 1.807) is 12.4 Å². The molecule has 0 aliphatic carbocycles. The molecule has 4 heteroatoms. The third-order valence-corrected chi connectivity index (χ3v) is 1.95. The second-order valence-electron chi connectivity index (χ2n) is 3.14. The standard InChI is InChI=1S/C9H12N2O2.C2H6/c1-7-4-10-9(11-5-7)13-6-8-2-3-12-8;1-2/h4-5,8H,2-3,6H2,1H3;1-2H3. The van der Waals surface area contributed by atoms with Crippen molar-refractivity contribution in [1.82, 2.24) is 9.97 Å². The van der Waals surface area contributed by atoms with Gasteiger partial charge in [-0.1, -0.05) is 13.8 Å². The fraction of sp³-hybridized carbons (Fsp3) is 0.636. The molecule has 15 heavy (non-hydrogen) atoms. The van der Waals surface area contributed by atoms with Crippen LogP contribution in [-0.2, 0) is 4.74 Å². The first-order valence-corrected chi connectivity index (χ1v) is 5.37. The van der Waals surface area contributed by atoms with Crippen LogP contribution in [0.3, 0.4) is 0 Å². The van der Waals surface area contributed by atoms with Gasteiger partial charge < -0.3 is 9.47 Å². The van der Waals surface area contributed by atoms with E-state index < -0.39 is 0 Å². The first-order chi connectivity index (χ1) is 7.34. The maximum Gasteiger partial charge on any atom is 0.316 e. The maximum absolute atomic E-state index is 5.32. The van der Waals surface area contributed by atoms with Gasteiger partial charge >= 0.3 is 6.01 Å². The zero-order valence-electron chi connectivity index (χ0n) is 9.56. The van der Waals surface area contributed by atoms with Gasteiger partial charge in [0.2, 0.25) is 0 Å². The van der Waals surface area contributed by atoms with E-state index in [4.69, 9.17) is 9.47 Å². The number of rotatable bonds is 3. The summed E-state index contributed by atoms with van der Waals surface area (Å²) in [6.07, 6.45) is 4.80. The van der Waals surface area contributed by atoms with Crippen molar-refractivity contribution in [3.8, 4) is 6.01 Å². The predicted octanol–water partition coefficient (Wildman–Crippen LogP) is 1.98. The van der Waals surface area contributed by atoms with Gasteiger partial charge in [0, 0.05) is 25.4 Å². The van der Waals surface area contributed by atoms with Crippen molar-refractivity contribution in [3.63, 3.8) is 0 Å². The number of nitrogens with zero attached hydrogens (tertiary/aromatic N) is 2. The lowest BCUT2D eigenvalue weighted by molar-refractivity contribution is -0.0734. The van der Waals surface area contributed by atoms with E-state index in [0.717, 1.165) is 18.6 Å². The fourth-order valence-corrected chi connectivity index (χ4v) is 1.04. The van der Waals surface area contributed by atoms with E-state index in [9.17, 15) is 0 Å². The van der Waals surface area contributed by atoms with Gasteiger partial charge in [-0.25, -0.2) is 9.97 Å². The molecule has 0 saturated carbocycles. The average molecular weight is 210 g/mol. The van der Waals surface area contributed by atoms with Crippen LogP contribution in [0.2, 0.25) is 0 Å². The lowest BCUT2D eigenvalue weighted by atomic mass is 10.2. The second kappa shape index (κ2) is 6.35. The van der Waals surface area contributed by atoms with Gasteiger partial charge in [-0.15, -0.1) is 0 Å². The summed E-state index contributed by atoms with van der Waals surface area (Å²) in [6.45, 7) is 7.35. The Morgan fingerprint density at radius 2 is 2.00 bits per heavy atom. The molecule has 0 bridgehead atoms. The van der Waals surface area contributed by atoms with Crippen molar-refractivity contribution in [1.29, 1.82) is 0 Å². The smallest absolute Gasteiger partial charge is 0.316 e. The van der Waals surface area contributed by atoms with Gasteiger partial charge in [-0.3, -0.25) is 0 Å². The van der Waals surface area contributed by atoms with Crippen LogP contribution in [-0.4, -0.2) is 29.3 Å². The Balaban J connectivity index is 0.000000531. The minimum Gasteiger partial charge on any atom is -0.461 e. The molecule has 84 valence electrons. The van der Waals surface area contributed by atoms with Crippen molar-refractivity contribution in [2.45, 2.75) is 33.3 Å². The molecule has 1 unspecified atom stereocenters. The van der Waals surface area contributed by atoms with E-state index in [2.05, 4.69) is 9.97 Å². The zero-order valence-corrected chi connectivity index (χ0v) is 9.56. The Morgan fingerprint density at radius 1 is 1.40 bits per heavy atom. The maximum atomic E-state index is 5.32. The molecule has 0 radical (unpaired) electrons. The minimum absolute atomic E-state index is 0.241. The van der Waals surface area contributed by atoms with Gasteiger partial charge in [-0.05, 0) is 12.5 Å². The summed E-state index contributed by atoms with van der Waals surface area (Å²) in [5, 5.41) is 0. The molecule has 2 heterocycles. The molecule has 0 N–H and O–H groups in total. The summed E-state index contributed by atoms with van der Waals surface area (Å²) in [4.78, 5) is 8.04. The van der Waals surface area contributed by atoms with Gasteiger partial charge in [0.25, 0.3) is 0 Å². The van der Waals surface area contributed by atoms with Gasteiger partial charge in [0.15, 0.2) is 0 Å². The van der Waals surface area contributed by atoms with Crippen LogP contribution in [0.5, 0.6) is 6.01 Å². The molecule has 0 spiro atoms. The van der Waals surface area contributed by atoms with Crippen LogP contribution >= 0.6 is 0 Å². The second-order valence-corrected chi connectivity index (χ2v) is 3.14. The van der Waals surface area contributed by atoms with Gasteiger partial charge in [0.1, 0.15) is 6.61 Å². The highest BCUT2D eigenvalue weighted by Gasteiger charge is 2.18. The highest BCUT2D eigenvalue weighted by atomic mass is 16.6. The van der Waals surface area contributed by atoms with Gasteiger partial charge in [0.05, 0.1) is 6.10 Å². The number of ether oxygens (including phenoxy) is 2. The molecule has 1 aromatic rings. The Kier molecular flexibility index (Phi) is 5.04. The monoisotopic (exact) mass is 210 g/mol. The topological polar surface area (TPSA) is 44.2 Å². The molecule has 1 fully saturated rings. The average Bonchev–Trinajstić information content (AvgIpc) is 2.22. The first-order valence-electron chi connectivity index (χ1n) is 5.37. The fourth-order valence-electron chi connectivity index (χ4n) is 1.04. The van der Waals surface area contributed by atoms with Crippen molar-refractivity contribution >= 4 is 0 Å². The number of aryl methyl sites for hydroxylation is 1. The van der Waals surface area contributed by atoms with Crippen LogP contribution in [0, 0.1) is 6.92 Å². The number of hydrogen-bond acceptors (Lipinski definition) is 4. The van der Waals surface area contributed by atoms with E-state index in [0.29, 0.717) is 12.6 Å². The van der Waals surface area contributed by atoms with E-state index in [-0.39, 0.29) is 6.10 Å². The van der Waals surface area contributed by atoms with Gasteiger partial charge in [-0.2, -0.15) is 0 Å². The summed E-state index contributed by atoms with van der Waals surface area (Å²) in [6, 6.07) is 0.432. The molecule has 0 aromatic carbocycles. The lowest BCUT2D eigenvalue weighted by Crippen LogP contribution is -2.32. The molecule has 4 nitrogen and oxygen atoms in total. The molecule has 1 aliphatic rings. The van der Waals surface area contributed by atoms with Crippen molar-refractivity contribution < 1.29 is 9.47 Å². The first kappa shape index (κ1) is 11.9. The summed E-state index contributed by atoms with van der Waals surface area (Å²) in [7, 11) is 0. The normalized spacial score (nSPS) is 18.5. The summed E-state index contributed by atoms with van der Waals surface area (Å²) in [5.74, 6) is 0.